The quantitative estimate of drug-likeness (QED) is 0.888. The van der Waals surface area contributed by atoms with Gasteiger partial charge in [-0.3, -0.25) is 9.59 Å². The Morgan fingerprint density at radius 1 is 1.27 bits per heavy atom. The van der Waals surface area contributed by atoms with Crippen molar-refractivity contribution in [1.82, 2.24) is 0 Å². The lowest BCUT2D eigenvalue weighted by Gasteiger charge is -2.07. The molecule has 116 valence electrons. The largest absolute Gasteiger partial charge is 0.484 e. The molecule has 0 aliphatic heterocycles. The summed E-state index contributed by atoms with van der Waals surface area (Å²) in [5.41, 5.74) is 6.41. The topological polar surface area (TPSA) is 81.4 Å². The van der Waals surface area contributed by atoms with E-state index in [1.165, 1.54) is 35.6 Å². The number of carbonyl (C=O) groups excluding carboxylic acids is 2. The van der Waals surface area contributed by atoms with Crippen molar-refractivity contribution in [3.8, 4) is 5.75 Å². The van der Waals surface area contributed by atoms with E-state index in [-0.39, 0.29) is 12.4 Å². The van der Waals surface area contributed by atoms with E-state index in [1.54, 1.807) is 6.92 Å². The highest BCUT2D eigenvalue weighted by atomic mass is 32.1. The zero-order chi connectivity index (χ0) is 16.3. The lowest BCUT2D eigenvalue weighted by Crippen LogP contribution is -2.22. The smallest absolute Gasteiger partial charge is 0.262 e. The molecule has 0 atom stereocenters. The summed E-state index contributed by atoms with van der Waals surface area (Å²) in [6, 6.07) is 5.34. The number of aryl methyl sites for hydroxylation is 1. The Labute approximate surface area is 130 Å². The Morgan fingerprint density at radius 2 is 1.91 bits per heavy atom. The van der Waals surface area contributed by atoms with Crippen LogP contribution in [0.15, 0.2) is 24.3 Å². The minimum Gasteiger partial charge on any atom is -0.484 e. The van der Waals surface area contributed by atoms with Crippen molar-refractivity contribution in [2.75, 3.05) is 11.9 Å². The second kappa shape index (κ2) is 6.57. The van der Waals surface area contributed by atoms with Crippen LogP contribution >= 0.6 is 11.3 Å². The Balaban J connectivity index is 2.02. The monoisotopic (exact) mass is 322 g/mol. The molecule has 1 aromatic carbocycles. The van der Waals surface area contributed by atoms with Crippen molar-refractivity contribution in [1.29, 1.82) is 0 Å². The number of hydrogen-bond donors (Lipinski definition) is 2. The van der Waals surface area contributed by atoms with Crippen LogP contribution < -0.4 is 15.8 Å². The number of primary amides is 1. The molecule has 0 radical (unpaired) electrons. The lowest BCUT2D eigenvalue weighted by molar-refractivity contribution is -0.118. The molecule has 2 aromatic rings. The molecule has 0 bridgehead atoms. The van der Waals surface area contributed by atoms with Crippen LogP contribution in [0.1, 0.15) is 20.8 Å². The predicted octanol–water partition coefficient (Wildman–Crippen LogP) is 2.62. The van der Waals surface area contributed by atoms with Crippen LogP contribution in [-0.2, 0) is 4.79 Å². The van der Waals surface area contributed by atoms with Gasteiger partial charge in [0.15, 0.2) is 6.61 Å². The van der Waals surface area contributed by atoms with E-state index in [4.69, 9.17) is 10.5 Å². The fourth-order valence-corrected chi connectivity index (χ4v) is 2.94. The molecule has 0 saturated heterocycles. The summed E-state index contributed by atoms with van der Waals surface area (Å²) in [7, 11) is 0. The second-order valence-electron chi connectivity index (χ2n) is 4.64. The van der Waals surface area contributed by atoms with Crippen LogP contribution in [0.5, 0.6) is 5.75 Å². The average molecular weight is 322 g/mol. The summed E-state index contributed by atoms with van der Waals surface area (Å²) in [6.45, 7) is 3.37. The molecule has 0 unspecified atom stereocenters. The van der Waals surface area contributed by atoms with Crippen molar-refractivity contribution < 1.29 is 18.7 Å². The fraction of sp³-hybridized carbons (Fsp3) is 0.200. The number of carbonyl (C=O) groups is 2. The van der Waals surface area contributed by atoms with E-state index in [0.717, 1.165) is 10.4 Å². The summed E-state index contributed by atoms with van der Waals surface area (Å²) >= 11 is 1.28. The number of hydrogen-bond acceptors (Lipinski definition) is 4. The van der Waals surface area contributed by atoms with Gasteiger partial charge in [0.2, 0.25) is 0 Å². The first kappa shape index (κ1) is 16.0. The van der Waals surface area contributed by atoms with Crippen molar-refractivity contribution in [2.24, 2.45) is 5.73 Å². The van der Waals surface area contributed by atoms with Gasteiger partial charge in [-0.2, -0.15) is 0 Å². The lowest BCUT2D eigenvalue weighted by atomic mass is 10.1. The van der Waals surface area contributed by atoms with Gasteiger partial charge in [0.05, 0.1) is 5.56 Å². The van der Waals surface area contributed by atoms with Crippen molar-refractivity contribution in [2.45, 2.75) is 13.8 Å². The third kappa shape index (κ3) is 3.62. The molecule has 0 aliphatic carbocycles. The Hall–Kier alpha value is -2.41. The maximum Gasteiger partial charge on any atom is 0.262 e. The Bertz CT molecular complexity index is 710. The predicted molar refractivity (Wildman–Crippen MR) is 82.8 cm³/mol. The molecule has 0 spiro atoms. The first-order valence-electron chi connectivity index (χ1n) is 6.46. The third-order valence-electron chi connectivity index (χ3n) is 3.07. The molecular formula is C15H15FN2O3S. The van der Waals surface area contributed by atoms with Gasteiger partial charge in [-0.1, -0.05) is 0 Å². The van der Waals surface area contributed by atoms with Crippen molar-refractivity contribution >= 4 is 28.2 Å². The molecule has 1 aromatic heterocycles. The molecule has 7 heteroatoms. The standard InChI is InChI=1S/C15H15FN2O3S/c1-8-9(2)22-15(13(8)14(17)20)18-12(19)7-21-11-5-3-10(16)4-6-11/h3-6H,7H2,1-2H3,(H2,17,20)(H,18,19). The average Bonchev–Trinajstić information content (AvgIpc) is 2.73. The highest BCUT2D eigenvalue weighted by molar-refractivity contribution is 7.16. The van der Waals surface area contributed by atoms with E-state index in [2.05, 4.69) is 5.32 Å². The fourth-order valence-electron chi connectivity index (χ4n) is 1.85. The molecule has 2 rings (SSSR count). The van der Waals surface area contributed by atoms with Gasteiger partial charge in [-0.05, 0) is 43.7 Å². The van der Waals surface area contributed by atoms with E-state index in [9.17, 15) is 14.0 Å². The number of benzene rings is 1. The van der Waals surface area contributed by atoms with Gasteiger partial charge in [-0.15, -0.1) is 11.3 Å². The van der Waals surface area contributed by atoms with Gasteiger partial charge in [0.25, 0.3) is 11.8 Å². The van der Waals surface area contributed by atoms with Crippen LogP contribution in [0.4, 0.5) is 9.39 Å². The minimum absolute atomic E-state index is 0.250. The molecule has 2 amide bonds. The molecule has 0 aliphatic rings. The van der Waals surface area contributed by atoms with Crippen LogP contribution in [0.25, 0.3) is 0 Å². The van der Waals surface area contributed by atoms with Gasteiger partial charge in [0, 0.05) is 4.88 Å². The Morgan fingerprint density at radius 3 is 2.50 bits per heavy atom. The van der Waals surface area contributed by atoms with Gasteiger partial charge >= 0.3 is 0 Å². The number of ether oxygens (including phenoxy) is 1. The SMILES string of the molecule is Cc1sc(NC(=O)COc2ccc(F)cc2)c(C(N)=O)c1C. The maximum absolute atomic E-state index is 12.8. The molecule has 22 heavy (non-hydrogen) atoms. The number of amides is 2. The second-order valence-corrected chi connectivity index (χ2v) is 5.87. The molecule has 0 saturated carbocycles. The number of nitrogens with two attached hydrogens (primary N) is 1. The summed E-state index contributed by atoms with van der Waals surface area (Å²) < 4.78 is 18.0. The highest BCUT2D eigenvalue weighted by Gasteiger charge is 2.19. The van der Waals surface area contributed by atoms with Crippen LogP contribution in [0.2, 0.25) is 0 Å². The summed E-state index contributed by atoms with van der Waals surface area (Å²) in [4.78, 5) is 24.3. The van der Waals surface area contributed by atoms with Crippen molar-refractivity contribution in [3.63, 3.8) is 0 Å². The van der Waals surface area contributed by atoms with Crippen molar-refractivity contribution in [3.05, 3.63) is 46.1 Å². The van der Waals surface area contributed by atoms with E-state index >= 15 is 0 Å². The Kier molecular flexibility index (Phi) is 4.77. The summed E-state index contributed by atoms with van der Waals surface area (Å²) in [5.74, 6) is -1.01. The highest BCUT2D eigenvalue weighted by Crippen LogP contribution is 2.31. The first-order valence-corrected chi connectivity index (χ1v) is 7.28. The molecule has 5 nitrogen and oxygen atoms in total. The van der Waals surface area contributed by atoms with Crippen LogP contribution in [0, 0.1) is 19.7 Å². The zero-order valence-corrected chi connectivity index (χ0v) is 12.9. The number of rotatable bonds is 5. The number of anilines is 1. The van der Waals surface area contributed by atoms with Crippen LogP contribution in [-0.4, -0.2) is 18.4 Å². The van der Waals surface area contributed by atoms with E-state index in [1.807, 2.05) is 6.92 Å². The summed E-state index contributed by atoms with van der Waals surface area (Å²) in [6.07, 6.45) is 0. The van der Waals surface area contributed by atoms with Gasteiger partial charge in [0.1, 0.15) is 16.6 Å². The molecular weight excluding hydrogens is 307 g/mol. The molecule has 3 N–H and O–H groups in total. The molecule has 0 fully saturated rings. The van der Waals surface area contributed by atoms with E-state index in [0.29, 0.717) is 16.3 Å². The number of nitrogens with one attached hydrogen (secondary N) is 1. The van der Waals surface area contributed by atoms with Gasteiger partial charge in [-0.25, -0.2) is 4.39 Å². The maximum atomic E-state index is 12.8. The summed E-state index contributed by atoms with van der Waals surface area (Å²) in [5, 5.41) is 3.03. The molecule has 1 heterocycles. The third-order valence-corrected chi connectivity index (χ3v) is 4.19. The van der Waals surface area contributed by atoms with Crippen LogP contribution in [0.3, 0.4) is 0 Å². The minimum atomic E-state index is -0.586. The van der Waals surface area contributed by atoms with E-state index < -0.39 is 11.8 Å². The normalized spacial score (nSPS) is 10.3. The van der Waals surface area contributed by atoms with Gasteiger partial charge < -0.3 is 15.8 Å². The number of thiophene rings is 1. The zero-order valence-electron chi connectivity index (χ0n) is 12.1. The number of halogens is 1. The first-order chi connectivity index (χ1) is 10.4.